The molecule has 2 rings (SSSR count). The minimum absolute atomic E-state index is 0.0553. The topological polar surface area (TPSA) is 61.8 Å². The summed E-state index contributed by atoms with van der Waals surface area (Å²) in [6.07, 6.45) is -4.53. The number of aliphatic hydroxyl groups is 1. The second-order valence-electron chi connectivity index (χ2n) is 3.05. The molecule has 0 fully saturated rings. The SMILES string of the molecule is OCc1nc(C(F)(F)F)cc2c(I)n[nH]c12. The van der Waals surface area contributed by atoms with Gasteiger partial charge in [0.25, 0.3) is 0 Å². The van der Waals surface area contributed by atoms with E-state index in [1.165, 1.54) is 0 Å². The third-order valence-electron chi connectivity index (χ3n) is 2.02. The number of H-pyrrole nitrogens is 1. The second-order valence-corrected chi connectivity index (χ2v) is 4.07. The molecule has 0 aliphatic rings. The van der Waals surface area contributed by atoms with Gasteiger partial charge in [0.1, 0.15) is 9.39 Å². The van der Waals surface area contributed by atoms with Crippen molar-refractivity contribution in [2.45, 2.75) is 12.8 Å². The molecule has 0 saturated carbocycles. The van der Waals surface area contributed by atoms with Crippen LogP contribution in [0.25, 0.3) is 10.9 Å². The number of alkyl halides is 3. The number of nitrogens with zero attached hydrogens (tertiary/aromatic N) is 2. The molecule has 16 heavy (non-hydrogen) atoms. The molecule has 86 valence electrons. The zero-order chi connectivity index (χ0) is 11.9. The molecule has 2 aromatic rings. The van der Waals surface area contributed by atoms with Crippen molar-refractivity contribution in [2.24, 2.45) is 0 Å². The lowest BCUT2D eigenvalue weighted by Gasteiger charge is -2.07. The van der Waals surface area contributed by atoms with Gasteiger partial charge in [-0.25, -0.2) is 4.98 Å². The lowest BCUT2D eigenvalue weighted by atomic mass is 10.2. The fourth-order valence-corrected chi connectivity index (χ4v) is 1.86. The molecule has 0 saturated heterocycles. The molecule has 0 bridgehead atoms. The first kappa shape index (κ1) is 11.6. The van der Waals surface area contributed by atoms with E-state index in [1.54, 1.807) is 0 Å². The minimum Gasteiger partial charge on any atom is -0.390 e. The number of halogens is 4. The van der Waals surface area contributed by atoms with Crippen LogP contribution in [-0.2, 0) is 12.8 Å². The molecule has 2 heterocycles. The Morgan fingerprint density at radius 3 is 2.69 bits per heavy atom. The van der Waals surface area contributed by atoms with Gasteiger partial charge in [-0.15, -0.1) is 0 Å². The van der Waals surface area contributed by atoms with Crippen molar-refractivity contribution in [1.82, 2.24) is 15.2 Å². The largest absolute Gasteiger partial charge is 0.433 e. The second kappa shape index (κ2) is 3.84. The summed E-state index contributed by atoms with van der Waals surface area (Å²) in [6.45, 7) is -0.571. The summed E-state index contributed by atoms with van der Waals surface area (Å²) in [5, 5.41) is 15.6. The van der Waals surface area contributed by atoms with E-state index in [0.29, 0.717) is 14.6 Å². The van der Waals surface area contributed by atoms with Crippen molar-refractivity contribution in [3.8, 4) is 0 Å². The molecule has 2 aromatic heterocycles. The third-order valence-corrected chi connectivity index (χ3v) is 2.85. The highest BCUT2D eigenvalue weighted by molar-refractivity contribution is 14.1. The van der Waals surface area contributed by atoms with Crippen LogP contribution >= 0.6 is 22.6 Å². The van der Waals surface area contributed by atoms with Crippen LogP contribution in [0.2, 0.25) is 0 Å². The molecule has 0 atom stereocenters. The monoisotopic (exact) mass is 343 g/mol. The van der Waals surface area contributed by atoms with Crippen molar-refractivity contribution in [3.05, 3.63) is 21.2 Å². The highest BCUT2D eigenvalue weighted by atomic mass is 127. The molecule has 8 heteroatoms. The van der Waals surface area contributed by atoms with Crippen LogP contribution in [0, 0.1) is 3.70 Å². The Bertz CT molecular complexity index is 537. The lowest BCUT2D eigenvalue weighted by Crippen LogP contribution is -2.09. The Labute approximate surface area is 101 Å². The summed E-state index contributed by atoms with van der Waals surface area (Å²) < 4.78 is 37.9. The van der Waals surface area contributed by atoms with Gasteiger partial charge in [-0.05, 0) is 28.7 Å². The number of hydrogen-bond acceptors (Lipinski definition) is 3. The Morgan fingerprint density at radius 2 is 2.12 bits per heavy atom. The highest BCUT2D eigenvalue weighted by Gasteiger charge is 2.33. The first-order valence-electron chi connectivity index (χ1n) is 4.15. The number of aromatic nitrogens is 3. The van der Waals surface area contributed by atoms with Gasteiger partial charge >= 0.3 is 6.18 Å². The normalized spacial score (nSPS) is 12.3. The van der Waals surface area contributed by atoms with Gasteiger partial charge in [-0.1, -0.05) is 0 Å². The van der Waals surface area contributed by atoms with Crippen LogP contribution in [0.3, 0.4) is 0 Å². The standard InChI is InChI=1S/C8H5F3IN3O/c9-8(10,11)5-1-3-6(4(2-16)13-5)14-15-7(3)12/h1,16H,2H2,(H,14,15). The van der Waals surface area contributed by atoms with E-state index in [2.05, 4.69) is 15.2 Å². The molecular weight excluding hydrogens is 338 g/mol. The molecule has 0 aliphatic heterocycles. The molecule has 0 unspecified atom stereocenters. The number of nitrogens with one attached hydrogen (secondary N) is 1. The Balaban J connectivity index is 2.76. The fraction of sp³-hybridized carbons (Fsp3) is 0.250. The minimum atomic E-state index is -4.53. The van der Waals surface area contributed by atoms with Crippen molar-refractivity contribution in [2.75, 3.05) is 0 Å². The summed E-state index contributed by atoms with van der Waals surface area (Å²) in [5.41, 5.74) is -0.747. The molecule has 0 spiro atoms. The van der Waals surface area contributed by atoms with Crippen molar-refractivity contribution >= 4 is 33.5 Å². The zero-order valence-corrected chi connectivity index (χ0v) is 9.80. The number of rotatable bonds is 1. The fourth-order valence-electron chi connectivity index (χ4n) is 1.31. The van der Waals surface area contributed by atoms with Crippen LogP contribution < -0.4 is 0 Å². The van der Waals surface area contributed by atoms with E-state index in [0.717, 1.165) is 6.07 Å². The highest BCUT2D eigenvalue weighted by Crippen LogP contribution is 2.31. The average Bonchev–Trinajstić information content (AvgIpc) is 2.58. The first-order chi connectivity index (χ1) is 7.43. The Kier molecular flexibility index (Phi) is 2.78. The van der Waals surface area contributed by atoms with E-state index in [4.69, 9.17) is 5.11 Å². The van der Waals surface area contributed by atoms with Gasteiger partial charge < -0.3 is 5.11 Å². The van der Waals surface area contributed by atoms with Crippen molar-refractivity contribution < 1.29 is 18.3 Å². The first-order valence-corrected chi connectivity index (χ1v) is 5.23. The molecule has 0 amide bonds. The van der Waals surface area contributed by atoms with E-state index in [9.17, 15) is 13.2 Å². The van der Waals surface area contributed by atoms with Gasteiger partial charge in [0.05, 0.1) is 17.8 Å². The zero-order valence-electron chi connectivity index (χ0n) is 7.64. The molecule has 0 radical (unpaired) electrons. The van der Waals surface area contributed by atoms with Crippen LogP contribution in [0.4, 0.5) is 13.2 Å². The van der Waals surface area contributed by atoms with E-state index < -0.39 is 18.5 Å². The summed E-state index contributed by atoms with van der Waals surface area (Å²) in [7, 11) is 0. The smallest absolute Gasteiger partial charge is 0.390 e. The molecule has 0 aromatic carbocycles. The Hall–Kier alpha value is -0.900. The van der Waals surface area contributed by atoms with Gasteiger partial charge in [-0.3, -0.25) is 5.10 Å². The van der Waals surface area contributed by atoms with Crippen LogP contribution in [0.15, 0.2) is 6.07 Å². The predicted octanol–water partition coefficient (Wildman–Crippen LogP) is 2.07. The van der Waals surface area contributed by atoms with Gasteiger partial charge in [0.15, 0.2) is 0 Å². The summed E-state index contributed by atoms with van der Waals surface area (Å²) in [6, 6.07) is 0.916. The summed E-state index contributed by atoms with van der Waals surface area (Å²) >= 11 is 1.81. The maximum Gasteiger partial charge on any atom is 0.433 e. The van der Waals surface area contributed by atoms with Crippen LogP contribution in [0.1, 0.15) is 11.4 Å². The third kappa shape index (κ3) is 1.86. The summed E-state index contributed by atoms with van der Waals surface area (Å²) in [4.78, 5) is 3.35. The Morgan fingerprint density at radius 1 is 1.44 bits per heavy atom. The quantitative estimate of drug-likeness (QED) is 0.780. The van der Waals surface area contributed by atoms with Crippen molar-refractivity contribution in [1.29, 1.82) is 0 Å². The number of pyridine rings is 1. The van der Waals surface area contributed by atoms with Gasteiger partial charge in [0, 0.05) is 5.39 Å². The predicted molar refractivity (Wildman–Crippen MR) is 57.5 cm³/mol. The van der Waals surface area contributed by atoms with E-state index >= 15 is 0 Å². The summed E-state index contributed by atoms with van der Waals surface area (Å²) in [5.74, 6) is 0. The lowest BCUT2D eigenvalue weighted by molar-refractivity contribution is -0.141. The molecule has 0 aliphatic carbocycles. The van der Waals surface area contributed by atoms with E-state index in [-0.39, 0.29) is 5.69 Å². The van der Waals surface area contributed by atoms with E-state index in [1.807, 2.05) is 22.6 Å². The average molecular weight is 343 g/mol. The molecule has 2 N–H and O–H groups in total. The number of aromatic amines is 1. The maximum absolute atomic E-state index is 12.5. The van der Waals surface area contributed by atoms with Crippen molar-refractivity contribution in [3.63, 3.8) is 0 Å². The molecule has 4 nitrogen and oxygen atoms in total. The van der Waals surface area contributed by atoms with Gasteiger partial charge in [-0.2, -0.15) is 18.3 Å². The number of hydrogen-bond donors (Lipinski definition) is 2. The van der Waals surface area contributed by atoms with Gasteiger partial charge in [0.2, 0.25) is 0 Å². The number of aliphatic hydroxyl groups excluding tert-OH is 1. The van der Waals surface area contributed by atoms with Crippen LogP contribution in [-0.4, -0.2) is 20.3 Å². The maximum atomic E-state index is 12.5. The number of fused-ring (bicyclic) bond motifs is 1. The van der Waals surface area contributed by atoms with Crippen LogP contribution in [0.5, 0.6) is 0 Å². The molecular formula is C8H5F3IN3O.